The van der Waals surface area contributed by atoms with Crippen molar-refractivity contribution in [1.82, 2.24) is 30.3 Å². The number of amides is 1. The number of nitrogens with zero attached hydrogens (tertiary/aromatic N) is 5. The Morgan fingerprint density at radius 3 is 2.81 bits per heavy atom. The summed E-state index contributed by atoms with van der Waals surface area (Å²) in [6.45, 7) is 1.93. The van der Waals surface area contributed by atoms with Crippen LogP contribution in [-0.2, 0) is 0 Å². The molecular weight excluding hydrogens is 268 g/mol. The van der Waals surface area contributed by atoms with E-state index in [0.717, 1.165) is 11.2 Å². The molecule has 7 heteroatoms. The lowest BCUT2D eigenvalue weighted by molar-refractivity contribution is 0.0740. The highest BCUT2D eigenvalue weighted by Crippen LogP contribution is 2.19. The minimum atomic E-state index is -0.145. The fourth-order valence-electron chi connectivity index (χ4n) is 2.10. The van der Waals surface area contributed by atoms with Crippen LogP contribution >= 0.6 is 0 Å². The summed E-state index contributed by atoms with van der Waals surface area (Å²) in [4.78, 5) is 22.3. The summed E-state index contributed by atoms with van der Waals surface area (Å²) in [5.41, 5.74) is 2.77. The number of aromatic nitrogens is 5. The maximum absolute atomic E-state index is 12.5. The quantitative estimate of drug-likeness (QED) is 0.788. The molecule has 0 aliphatic carbocycles. The van der Waals surface area contributed by atoms with Gasteiger partial charge in [-0.05, 0) is 31.2 Å². The summed E-state index contributed by atoms with van der Waals surface area (Å²) in [5.74, 6) is -0.0917. The average molecular weight is 282 g/mol. The van der Waals surface area contributed by atoms with E-state index in [-0.39, 0.29) is 11.9 Å². The third-order valence-corrected chi connectivity index (χ3v) is 3.50. The zero-order valence-electron chi connectivity index (χ0n) is 11.7. The summed E-state index contributed by atoms with van der Waals surface area (Å²) < 4.78 is 0. The van der Waals surface area contributed by atoms with Gasteiger partial charge < -0.3 is 4.90 Å². The molecule has 0 aliphatic heterocycles. The van der Waals surface area contributed by atoms with Crippen molar-refractivity contribution in [1.29, 1.82) is 0 Å². The van der Waals surface area contributed by atoms with E-state index in [4.69, 9.17) is 0 Å². The van der Waals surface area contributed by atoms with E-state index in [9.17, 15) is 4.79 Å². The maximum atomic E-state index is 12.5. The fraction of sp³-hybridized carbons (Fsp3) is 0.214. The Hall–Kier alpha value is -2.83. The third-order valence-electron chi connectivity index (χ3n) is 3.50. The van der Waals surface area contributed by atoms with Gasteiger partial charge in [0.15, 0.2) is 0 Å². The highest BCUT2D eigenvalue weighted by atomic mass is 16.2. The first-order valence-corrected chi connectivity index (χ1v) is 6.50. The molecule has 1 aromatic carbocycles. The summed E-state index contributed by atoms with van der Waals surface area (Å²) >= 11 is 0. The molecule has 0 fully saturated rings. The first-order valence-electron chi connectivity index (χ1n) is 6.50. The molecule has 0 radical (unpaired) electrons. The zero-order valence-corrected chi connectivity index (χ0v) is 11.7. The standard InChI is InChI=1S/C14H14N6O/c1-9(11-5-6-15-8-16-11)20(2)14(21)10-3-4-12-13(7-10)18-19-17-12/h3-9H,1-2H3,(H,17,18,19). The summed E-state index contributed by atoms with van der Waals surface area (Å²) in [5, 5.41) is 10.5. The van der Waals surface area contributed by atoms with Crippen molar-refractivity contribution in [3.8, 4) is 0 Å². The molecule has 1 amide bonds. The van der Waals surface area contributed by atoms with Gasteiger partial charge in [-0.3, -0.25) is 4.79 Å². The van der Waals surface area contributed by atoms with Crippen LogP contribution in [0, 0.1) is 0 Å². The number of carbonyl (C=O) groups excluding carboxylic acids is 1. The van der Waals surface area contributed by atoms with E-state index in [1.165, 1.54) is 6.33 Å². The second-order valence-electron chi connectivity index (χ2n) is 4.75. The van der Waals surface area contributed by atoms with Gasteiger partial charge in [-0.15, -0.1) is 0 Å². The fourth-order valence-corrected chi connectivity index (χ4v) is 2.10. The minimum absolute atomic E-state index is 0.0917. The highest BCUT2D eigenvalue weighted by molar-refractivity contribution is 5.97. The van der Waals surface area contributed by atoms with E-state index in [0.29, 0.717) is 11.1 Å². The number of aromatic amines is 1. The van der Waals surface area contributed by atoms with Gasteiger partial charge in [0, 0.05) is 18.8 Å². The van der Waals surface area contributed by atoms with Gasteiger partial charge in [0.25, 0.3) is 5.91 Å². The van der Waals surface area contributed by atoms with E-state index < -0.39 is 0 Å². The Morgan fingerprint density at radius 1 is 1.24 bits per heavy atom. The molecule has 1 unspecified atom stereocenters. The summed E-state index contributed by atoms with van der Waals surface area (Å²) in [6, 6.07) is 6.90. The SMILES string of the molecule is CC(c1ccncn1)N(C)C(=O)c1ccc2n[nH]nc2c1. The molecule has 3 aromatic rings. The van der Waals surface area contributed by atoms with Gasteiger partial charge >= 0.3 is 0 Å². The number of carbonyl (C=O) groups is 1. The Morgan fingerprint density at radius 2 is 2.05 bits per heavy atom. The van der Waals surface area contributed by atoms with Crippen LogP contribution in [0.4, 0.5) is 0 Å². The normalized spacial score (nSPS) is 12.3. The van der Waals surface area contributed by atoms with Crippen molar-refractivity contribution in [3.63, 3.8) is 0 Å². The Kier molecular flexibility index (Phi) is 3.31. The van der Waals surface area contributed by atoms with Crippen molar-refractivity contribution < 1.29 is 4.79 Å². The van der Waals surface area contributed by atoms with Gasteiger partial charge in [-0.1, -0.05) is 0 Å². The van der Waals surface area contributed by atoms with Gasteiger partial charge in [0.2, 0.25) is 0 Å². The Labute approximate surface area is 121 Å². The second-order valence-corrected chi connectivity index (χ2v) is 4.75. The highest BCUT2D eigenvalue weighted by Gasteiger charge is 2.20. The second kappa shape index (κ2) is 5.28. The smallest absolute Gasteiger partial charge is 0.254 e. The molecular formula is C14H14N6O. The first kappa shape index (κ1) is 13.2. The van der Waals surface area contributed by atoms with Crippen LogP contribution in [0.3, 0.4) is 0 Å². The molecule has 0 aliphatic rings. The number of nitrogens with one attached hydrogen (secondary N) is 1. The number of benzene rings is 1. The van der Waals surface area contributed by atoms with Crippen molar-refractivity contribution in [2.24, 2.45) is 0 Å². The number of fused-ring (bicyclic) bond motifs is 1. The maximum Gasteiger partial charge on any atom is 0.254 e. The summed E-state index contributed by atoms with van der Waals surface area (Å²) in [7, 11) is 1.75. The minimum Gasteiger partial charge on any atom is -0.333 e. The molecule has 21 heavy (non-hydrogen) atoms. The topological polar surface area (TPSA) is 87.7 Å². The third kappa shape index (κ3) is 2.45. The molecule has 3 rings (SSSR count). The molecule has 0 spiro atoms. The monoisotopic (exact) mass is 282 g/mol. The molecule has 2 heterocycles. The Bertz CT molecular complexity index is 769. The lowest BCUT2D eigenvalue weighted by Crippen LogP contribution is -2.30. The van der Waals surface area contributed by atoms with Crippen molar-refractivity contribution in [2.45, 2.75) is 13.0 Å². The van der Waals surface area contributed by atoms with Crippen LogP contribution in [-0.4, -0.2) is 43.2 Å². The van der Waals surface area contributed by atoms with Crippen LogP contribution in [0.1, 0.15) is 29.0 Å². The lowest BCUT2D eigenvalue weighted by Gasteiger charge is -2.24. The largest absolute Gasteiger partial charge is 0.333 e. The number of hydrogen-bond acceptors (Lipinski definition) is 5. The van der Waals surface area contributed by atoms with Crippen LogP contribution in [0.25, 0.3) is 11.0 Å². The number of hydrogen-bond donors (Lipinski definition) is 1. The van der Waals surface area contributed by atoms with Gasteiger partial charge in [0.1, 0.15) is 17.4 Å². The number of rotatable bonds is 3. The van der Waals surface area contributed by atoms with Gasteiger partial charge in [0.05, 0.1) is 11.7 Å². The van der Waals surface area contributed by atoms with Crippen LogP contribution in [0.2, 0.25) is 0 Å². The molecule has 0 saturated carbocycles. The van der Waals surface area contributed by atoms with E-state index in [1.807, 2.05) is 6.92 Å². The zero-order chi connectivity index (χ0) is 14.8. The molecule has 1 N–H and O–H groups in total. The van der Waals surface area contributed by atoms with Crippen LogP contribution in [0.5, 0.6) is 0 Å². The van der Waals surface area contributed by atoms with Gasteiger partial charge in [-0.2, -0.15) is 15.4 Å². The van der Waals surface area contributed by atoms with Crippen molar-refractivity contribution >= 4 is 16.9 Å². The van der Waals surface area contributed by atoms with Crippen LogP contribution in [0.15, 0.2) is 36.8 Å². The molecule has 2 aromatic heterocycles. The molecule has 106 valence electrons. The molecule has 1 atom stereocenters. The molecule has 0 saturated heterocycles. The first-order chi connectivity index (χ1) is 10.2. The van der Waals surface area contributed by atoms with E-state index in [1.54, 1.807) is 42.4 Å². The van der Waals surface area contributed by atoms with Crippen molar-refractivity contribution in [2.75, 3.05) is 7.05 Å². The molecule has 7 nitrogen and oxygen atoms in total. The predicted molar refractivity (Wildman–Crippen MR) is 76.4 cm³/mol. The average Bonchev–Trinajstić information content (AvgIpc) is 3.01. The Balaban J connectivity index is 1.86. The number of H-pyrrole nitrogens is 1. The van der Waals surface area contributed by atoms with Crippen LogP contribution < -0.4 is 0 Å². The predicted octanol–water partition coefficient (Wildman–Crippen LogP) is 1.58. The van der Waals surface area contributed by atoms with E-state index in [2.05, 4.69) is 25.4 Å². The van der Waals surface area contributed by atoms with E-state index >= 15 is 0 Å². The van der Waals surface area contributed by atoms with Gasteiger partial charge in [-0.25, -0.2) is 9.97 Å². The van der Waals surface area contributed by atoms with Crippen molar-refractivity contribution in [3.05, 3.63) is 48.0 Å². The summed E-state index contributed by atoms with van der Waals surface area (Å²) in [6.07, 6.45) is 3.14. The lowest BCUT2D eigenvalue weighted by atomic mass is 10.1. The molecule has 0 bridgehead atoms.